The van der Waals surface area contributed by atoms with Crippen molar-refractivity contribution in [1.29, 1.82) is 0 Å². The number of H-pyrrole nitrogens is 1. The van der Waals surface area contributed by atoms with Gasteiger partial charge in [0.05, 0.1) is 0 Å². The zero-order valence-electron chi connectivity index (χ0n) is 20.8. The van der Waals surface area contributed by atoms with Gasteiger partial charge < -0.3 is 14.8 Å². The quantitative estimate of drug-likeness (QED) is 0.686. The van der Waals surface area contributed by atoms with Crippen molar-refractivity contribution in [3.63, 3.8) is 0 Å². The third-order valence-corrected chi connectivity index (χ3v) is 7.36. The molecule has 3 heterocycles. The smallest absolute Gasteiger partial charge is 0.248 e. The predicted octanol–water partition coefficient (Wildman–Crippen LogP) is 4.22. The Labute approximate surface area is 195 Å². The van der Waals surface area contributed by atoms with Gasteiger partial charge in [0.15, 0.2) is 0 Å². The minimum Gasteiger partial charge on any atom is -0.373 e. The van der Waals surface area contributed by atoms with E-state index in [1.54, 1.807) is 12.3 Å². The van der Waals surface area contributed by atoms with E-state index in [4.69, 9.17) is 0 Å². The number of hydrogen-bond acceptors (Lipinski definition) is 4. The van der Waals surface area contributed by atoms with E-state index in [0.29, 0.717) is 5.92 Å². The second-order valence-corrected chi connectivity index (χ2v) is 10.7. The maximum absolute atomic E-state index is 10.8. The molecule has 32 heavy (non-hydrogen) atoms. The Morgan fingerprint density at radius 1 is 1.00 bits per heavy atom. The molecule has 1 aromatic heterocycles. The molecule has 3 fully saturated rings. The highest BCUT2D eigenvalue weighted by Gasteiger charge is 2.26. The fourth-order valence-electron chi connectivity index (χ4n) is 5.16. The molecule has 5 nitrogen and oxygen atoms in total. The number of nitrogens with zero attached hydrogens (tertiary/aromatic N) is 3. The van der Waals surface area contributed by atoms with E-state index >= 15 is 0 Å². The Bertz CT molecular complexity index is 738. The Morgan fingerprint density at radius 3 is 2.09 bits per heavy atom. The maximum Gasteiger partial charge on any atom is 0.248 e. The molecule has 1 saturated carbocycles. The van der Waals surface area contributed by atoms with Gasteiger partial charge in [0.25, 0.3) is 0 Å². The molecule has 0 unspecified atom stereocenters. The van der Waals surface area contributed by atoms with E-state index in [2.05, 4.69) is 47.0 Å². The molecule has 1 aromatic rings. The first-order valence-electron chi connectivity index (χ1n) is 12.9. The summed E-state index contributed by atoms with van der Waals surface area (Å²) in [5.74, 6) is 2.59. The first-order chi connectivity index (χ1) is 15.4. The van der Waals surface area contributed by atoms with Crippen molar-refractivity contribution in [2.45, 2.75) is 59.3 Å². The minimum absolute atomic E-state index is 0.0110. The summed E-state index contributed by atoms with van der Waals surface area (Å²) < 4.78 is 0. The Balaban J connectivity index is 0.000000222. The minimum atomic E-state index is -0.0110. The van der Waals surface area contributed by atoms with Crippen LogP contribution in [0.25, 0.3) is 0 Å². The summed E-state index contributed by atoms with van der Waals surface area (Å²) in [6.07, 6.45) is 9.99. The van der Waals surface area contributed by atoms with Crippen LogP contribution in [0.5, 0.6) is 0 Å². The molecule has 180 valence electrons. The lowest BCUT2D eigenvalue weighted by Crippen LogP contribution is -2.48. The molecule has 2 aliphatic heterocycles. The van der Waals surface area contributed by atoms with E-state index < -0.39 is 0 Å². The van der Waals surface area contributed by atoms with Crippen LogP contribution in [0.2, 0.25) is 0 Å². The molecule has 5 heteroatoms. The Hall–Kier alpha value is -1.59. The normalized spacial score (nSPS) is 21.2. The lowest BCUT2D eigenvalue weighted by Gasteiger charge is -2.40. The van der Waals surface area contributed by atoms with E-state index in [9.17, 15) is 4.79 Å². The van der Waals surface area contributed by atoms with Crippen molar-refractivity contribution in [1.82, 2.24) is 19.7 Å². The number of piperazine rings is 1. The van der Waals surface area contributed by atoms with Crippen LogP contribution in [0.1, 0.15) is 58.4 Å². The highest BCUT2D eigenvalue weighted by atomic mass is 16.1. The van der Waals surface area contributed by atoms with Gasteiger partial charge in [-0.3, -0.25) is 9.69 Å². The second-order valence-electron chi connectivity index (χ2n) is 10.7. The van der Waals surface area contributed by atoms with Crippen molar-refractivity contribution in [2.24, 2.45) is 17.8 Å². The number of aromatic nitrogens is 1. The van der Waals surface area contributed by atoms with E-state index in [1.165, 1.54) is 90.2 Å². The number of likely N-dealkylation sites (tertiary alicyclic amines) is 1. The molecule has 0 bridgehead atoms. The maximum atomic E-state index is 10.8. The van der Waals surface area contributed by atoms with Crippen molar-refractivity contribution in [3.8, 4) is 0 Å². The number of piperidine rings is 1. The number of pyridine rings is 1. The summed E-state index contributed by atoms with van der Waals surface area (Å²) in [7, 11) is 0. The van der Waals surface area contributed by atoms with Crippen LogP contribution >= 0.6 is 0 Å². The van der Waals surface area contributed by atoms with Gasteiger partial charge in [-0.25, -0.2) is 0 Å². The first-order valence-corrected chi connectivity index (χ1v) is 12.9. The zero-order chi connectivity index (χ0) is 22.9. The Morgan fingerprint density at radius 2 is 1.59 bits per heavy atom. The molecule has 4 rings (SSSR count). The van der Waals surface area contributed by atoms with Gasteiger partial charge in [-0.1, -0.05) is 26.8 Å². The number of aromatic amines is 1. The molecule has 0 amide bonds. The van der Waals surface area contributed by atoms with Crippen LogP contribution < -0.4 is 5.56 Å². The molecular weight excluding hydrogens is 396 g/mol. The van der Waals surface area contributed by atoms with Gasteiger partial charge in [-0.2, -0.15) is 0 Å². The van der Waals surface area contributed by atoms with E-state index in [0.717, 1.165) is 23.8 Å². The molecule has 1 aliphatic carbocycles. The van der Waals surface area contributed by atoms with Gasteiger partial charge in [-0.15, -0.1) is 0 Å². The predicted molar refractivity (Wildman–Crippen MR) is 135 cm³/mol. The molecular formula is C27H46N4O. The standard InChI is InChI=1S/C18H33N3.C9H13NO/c1-16(2)21-12-10-20(11-13-21)15-18-6-8-19(9-7-18)14-17-4-3-5-17;1-7(2)5-8-3-4-10-9(11)6-8/h17-18H,1,3-15H2,2H3;3-4,6-7H,5H2,1-2H3,(H,10,11). The average molecular weight is 443 g/mol. The summed E-state index contributed by atoms with van der Waals surface area (Å²) in [5.41, 5.74) is 2.34. The van der Waals surface area contributed by atoms with Crippen LogP contribution in [0.4, 0.5) is 0 Å². The number of rotatable bonds is 7. The summed E-state index contributed by atoms with van der Waals surface area (Å²) in [5, 5.41) is 0. The van der Waals surface area contributed by atoms with E-state index in [1.807, 2.05) is 6.07 Å². The topological polar surface area (TPSA) is 42.6 Å². The summed E-state index contributed by atoms with van der Waals surface area (Å²) >= 11 is 0. The SMILES string of the molecule is C=C(C)N1CCN(CC2CCN(CC3CCC3)CC2)CC1.CC(C)Cc1cc[nH]c(=O)c1. The van der Waals surface area contributed by atoms with Crippen LogP contribution in [0, 0.1) is 17.8 Å². The number of nitrogens with one attached hydrogen (secondary N) is 1. The van der Waals surface area contributed by atoms with Gasteiger partial charge in [-0.05, 0) is 81.5 Å². The first kappa shape index (κ1) is 25.0. The summed E-state index contributed by atoms with van der Waals surface area (Å²) in [6, 6.07) is 3.60. The lowest BCUT2D eigenvalue weighted by molar-refractivity contribution is 0.0937. The number of hydrogen-bond donors (Lipinski definition) is 1. The molecule has 0 atom stereocenters. The van der Waals surface area contributed by atoms with Crippen LogP contribution in [-0.2, 0) is 6.42 Å². The lowest BCUT2D eigenvalue weighted by atomic mass is 9.84. The largest absolute Gasteiger partial charge is 0.373 e. The van der Waals surface area contributed by atoms with Crippen molar-refractivity contribution in [3.05, 3.63) is 46.5 Å². The molecule has 0 spiro atoms. The van der Waals surface area contributed by atoms with Gasteiger partial charge >= 0.3 is 0 Å². The van der Waals surface area contributed by atoms with Crippen molar-refractivity contribution in [2.75, 3.05) is 52.4 Å². The van der Waals surface area contributed by atoms with Crippen molar-refractivity contribution >= 4 is 0 Å². The number of allylic oxidation sites excluding steroid dienone is 1. The molecule has 0 radical (unpaired) electrons. The third-order valence-electron chi connectivity index (χ3n) is 7.36. The fourth-order valence-corrected chi connectivity index (χ4v) is 5.16. The fraction of sp³-hybridized carbons (Fsp3) is 0.741. The second kappa shape index (κ2) is 12.6. The highest BCUT2D eigenvalue weighted by Crippen LogP contribution is 2.29. The van der Waals surface area contributed by atoms with Gasteiger partial charge in [0, 0.05) is 57.2 Å². The summed E-state index contributed by atoms with van der Waals surface area (Å²) in [4.78, 5) is 21.3. The Kier molecular flexibility index (Phi) is 9.86. The van der Waals surface area contributed by atoms with Gasteiger partial charge in [0.2, 0.25) is 5.56 Å². The van der Waals surface area contributed by atoms with Crippen LogP contribution in [0.15, 0.2) is 35.4 Å². The highest BCUT2D eigenvalue weighted by molar-refractivity contribution is 5.10. The molecule has 2 saturated heterocycles. The zero-order valence-corrected chi connectivity index (χ0v) is 20.8. The summed E-state index contributed by atoms with van der Waals surface area (Å²) in [6.45, 7) is 20.7. The molecule has 3 aliphatic rings. The van der Waals surface area contributed by atoms with Crippen LogP contribution in [0.3, 0.4) is 0 Å². The molecule has 1 N–H and O–H groups in total. The average Bonchev–Trinajstić information content (AvgIpc) is 2.72. The molecule has 0 aromatic carbocycles. The monoisotopic (exact) mass is 442 g/mol. The third kappa shape index (κ3) is 8.40. The van der Waals surface area contributed by atoms with Gasteiger partial charge in [0.1, 0.15) is 0 Å². The van der Waals surface area contributed by atoms with E-state index in [-0.39, 0.29) is 5.56 Å². The van der Waals surface area contributed by atoms with Crippen molar-refractivity contribution < 1.29 is 0 Å². The van der Waals surface area contributed by atoms with Crippen LogP contribution in [-0.4, -0.2) is 72.0 Å².